The van der Waals surface area contributed by atoms with Crippen LogP contribution in [0.5, 0.6) is 0 Å². The smallest absolute Gasteiger partial charge is 0.226 e. The zero-order chi connectivity index (χ0) is 12.8. The quantitative estimate of drug-likeness (QED) is 0.821. The van der Waals surface area contributed by atoms with E-state index in [1.165, 1.54) is 6.42 Å². The van der Waals surface area contributed by atoms with Gasteiger partial charge in [-0.2, -0.15) is 0 Å². The molecule has 2 aliphatic rings. The first-order chi connectivity index (χ1) is 8.83. The summed E-state index contributed by atoms with van der Waals surface area (Å²) in [5, 5.41) is 3.38. The van der Waals surface area contributed by atoms with Crippen LogP contribution in [0, 0.1) is 11.8 Å². The van der Waals surface area contributed by atoms with Crippen molar-refractivity contribution in [3.63, 3.8) is 0 Å². The highest BCUT2D eigenvalue weighted by Crippen LogP contribution is 2.30. The van der Waals surface area contributed by atoms with Gasteiger partial charge < -0.3 is 15.0 Å². The van der Waals surface area contributed by atoms with Crippen molar-refractivity contribution in [2.45, 2.75) is 32.1 Å². The first-order valence-electron chi connectivity index (χ1n) is 7.31. The molecule has 1 unspecified atom stereocenters. The lowest BCUT2D eigenvalue weighted by atomic mass is 9.81. The van der Waals surface area contributed by atoms with Crippen LogP contribution in [-0.2, 0) is 9.53 Å². The molecule has 0 aromatic carbocycles. The second kappa shape index (κ2) is 7.10. The summed E-state index contributed by atoms with van der Waals surface area (Å²) in [5.74, 6) is 1.25. The molecular weight excluding hydrogens is 228 g/mol. The summed E-state index contributed by atoms with van der Waals surface area (Å²) >= 11 is 0. The number of likely N-dealkylation sites (tertiary alicyclic amines) is 1. The molecule has 2 saturated heterocycles. The highest BCUT2D eigenvalue weighted by molar-refractivity contribution is 5.79. The van der Waals surface area contributed by atoms with Gasteiger partial charge in [-0.25, -0.2) is 0 Å². The van der Waals surface area contributed by atoms with Gasteiger partial charge in [-0.05, 0) is 44.7 Å². The Morgan fingerprint density at radius 2 is 2.06 bits per heavy atom. The Hall–Kier alpha value is -0.610. The molecule has 0 aromatic heterocycles. The first-order valence-corrected chi connectivity index (χ1v) is 7.31. The summed E-state index contributed by atoms with van der Waals surface area (Å²) in [6, 6.07) is 0. The number of hydrogen-bond acceptors (Lipinski definition) is 3. The Kier molecular flexibility index (Phi) is 5.45. The molecule has 0 spiro atoms. The molecule has 0 aromatic rings. The van der Waals surface area contributed by atoms with Crippen LogP contribution in [0.15, 0.2) is 0 Å². The normalized spacial score (nSPS) is 27.3. The number of carbonyl (C=O) groups excluding carboxylic acids is 1. The number of nitrogens with zero attached hydrogens (tertiary/aromatic N) is 1. The van der Waals surface area contributed by atoms with Crippen molar-refractivity contribution in [1.82, 2.24) is 10.2 Å². The maximum absolute atomic E-state index is 12.6. The second-order valence-corrected chi connectivity index (χ2v) is 5.51. The summed E-state index contributed by atoms with van der Waals surface area (Å²) in [6.45, 7) is 4.49. The SMILES string of the molecule is COCCN1CCCCC(C2CCNCC2)C1=O. The molecule has 2 rings (SSSR count). The summed E-state index contributed by atoms with van der Waals surface area (Å²) in [6.07, 6.45) is 5.76. The fourth-order valence-electron chi connectivity index (χ4n) is 3.24. The van der Waals surface area contributed by atoms with E-state index in [2.05, 4.69) is 5.32 Å². The van der Waals surface area contributed by atoms with E-state index in [1.807, 2.05) is 4.90 Å². The zero-order valence-electron chi connectivity index (χ0n) is 11.5. The van der Waals surface area contributed by atoms with Crippen molar-refractivity contribution in [3.05, 3.63) is 0 Å². The number of carbonyl (C=O) groups is 1. The Bertz CT molecular complexity index is 265. The zero-order valence-corrected chi connectivity index (χ0v) is 11.5. The number of methoxy groups -OCH3 is 1. The lowest BCUT2D eigenvalue weighted by molar-refractivity contribution is -0.137. The standard InChI is InChI=1S/C14H26N2O2/c1-18-11-10-16-9-3-2-4-13(14(16)17)12-5-7-15-8-6-12/h12-13,15H,2-11H2,1H3. The van der Waals surface area contributed by atoms with Crippen molar-refractivity contribution in [3.8, 4) is 0 Å². The molecule has 1 amide bonds. The third kappa shape index (κ3) is 3.45. The largest absolute Gasteiger partial charge is 0.383 e. The monoisotopic (exact) mass is 254 g/mol. The number of rotatable bonds is 4. The molecule has 2 fully saturated rings. The van der Waals surface area contributed by atoms with Gasteiger partial charge in [0.25, 0.3) is 0 Å². The predicted molar refractivity (Wildman–Crippen MR) is 71.4 cm³/mol. The third-order valence-electron chi connectivity index (χ3n) is 4.34. The minimum Gasteiger partial charge on any atom is -0.383 e. The van der Waals surface area contributed by atoms with Crippen LogP contribution >= 0.6 is 0 Å². The van der Waals surface area contributed by atoms with E-state index in [1.54, 1.807) is 7.11 Å². The van der Waals surface area contributed by atoms with Crippen LogP contribution in [0.25, 0.3) is 0 Å². The highest BCUT2D eigenvalue weighted by atomic mass is 16.5. The predicted octanol–water partition coefficient (Wildman–Crippen LogP) is 1.26. The number of amides is 1. The Morgan fingerprint density at radius 3 is 2.78 bits per heavy atom. The minimum atomic E-state index is 0.270. The Labute approximate surface area is 110 Å². The van der Waals surface area contributed by atoms with Crippen LogP contribution < -0.4 is 5.32 Å². The van der Waals surface area contributed by atoms with Crippen molar-refractivity contribution in [2.24, 2.45) is 11.8 Å². The molecule has 4 heteroatoms. The van der Waals surface area contributed by atoms with Crippen LogP contribution in [0.1, 0.15) is 32.1 Å². The number of hydrogen-bond donors (Lipinski definition) is 1. The number of nitrogens with one attached hydrogen (secondary N) is 1. The highest BCUT2D eigenvalue weighted by Gasteiger charge is 2.33. The van der Waals surface area contributed by atoms with Gasteiger partial charge in [0.1, 0.15) is 0 Å². The van der Waals surface area contributed by atoms with Crippen molar-refractivity contribution < 1.29 is 9.53 Å². The lowest BCUT2D eigenvalue weighted by Crippen LogP contribution is -2.42. The molecular formula is C14H26N2O2. The van der Waals surface area contributed by atoms with E-state index in [0.717, 1.165) is 51.9 Å². The van der Waals surface area contributed by atoms with E-state index in [9.17, 15) is 4.79 Å². The van der Waals surface area contributed by atoms with Gasteiger partial charge in [0, 0.05) is 26.1 Å². The molecule has 2 heterocycles. The molecule has 0 bridgehead atoms. The maximum atomic E-state index is 12.6. The van der Waals surface area contributed by atoms with E-state index in [0.29, 0.717) is 18.4 Å². The van der Waals surface area contributed by atoms with Crippen LogP contribution in [-0.4, -0.2) is 50.7 Å². The van der Waals surface area contributed by atoms with E-state index < -0.39 is 0 Å². The summed E-state index contributed by atoms with van der Waals surface area (Å²) in [5.41, 5.74) is 0. The van der Waals surface area contributed by atoms with Gasteiger partial charge in [0.05, 0.1) is 6.61 Å². The molecule has 4 nitrogen and oxygen atoms in total. The Morgan fingerprint density at radius 1 is 1.28 bits per heavy atom. The number of piperidine rings is 1. The molecule has 1 atom stereocenters. The summed E-state index contributed by atoms with van der Waals surface area (Å²) in [7, 11) is 1.70. The van der Waals surface area contributed by atoms with Crippen LogP contribution in [0.4, 0.5) is 0 Å². The van der Waals surface area contributed by atoms with Gasteiger partial charge >= 0.3 is 0 Å². The van der Waals surface area contributed by atoms with Gasteiger partial charge in [0.2, 0.25) is 5.91 Å². The molecule has 0 radical (unpaired) electrons. The third-order valence-corrected chi connectivity index (χ3v) is 4.34. The van der Waals surface area contributed by atoms with Crippen molar-refractivity contribution in [1.29, 1.82) is 0 Å². The van der Waals surface area contributed by atoms with Crippen LogP contribution in [0.3, 0.4) is 0 Å². The minimum absolute atomic E-state index is 0.270. The van der Waals surface area contributed by atoms with Crippen molar-refractivity contribution in [2.75, 3.05) is 39.9 Å². The fourth-order valence-corrected chi connectivity index (χ4v) is 3.24. The first kappa shape index (κ1) is 13.8. The van der Waals surface area contributed by atoms with Gasteiger partial charge in [0.15, 0.2) is 0 Å². The van der Waals surface area contributed by atoms with Crippen LogP contribution in [0.2, 0.25) is 0 Å². The van der Waals surface area contributed by atoms with Gasteiger partial charge in [-0.1, -0.05) is 6.42 Å². The average molecular weight is 254 g/mol. The molecule has 18 heavy (non-hydrogen) atoms. The molecule has 0 aliphatic carbocycles. The number of ether oxygens (including phenoxy) is 1. The fraction of sp³-hybridized carbons (Fsp3) is 0.929. The molecule has 0 saturated carbocycles. The van der Waals surface area contributed by atoms with Crippen molar-refractivity contribution >= 4 is 5.91 Å². The molecule has 104 valence electrons. The average Bonchev–Trinajstić information content (AvgIpc) is 2.60. The van der Waals surface area contributed by atoms with Gasteiger partial charge in [-0.3, -0.25) is 4.79 Å². The van der Waals surface area contributed by atoms with E-state index >= 15 is 0 Å². The van der Waals surface area contributed by atoms with Gasteiger partial charge in [-0.15, -0.1) is 0 Å². The lowest BCUT2D eigenvalue weighted by Gasteiger charge is -2.32. The molecule has 2 aliphatic heterocycles. The van der Waals surface area contributed by atoms with E-state index in [-0.39, 0.29) is 5.92 Å². The van der Waals surface area contributed by atoms with E-state index in [4.69, 9.17) is 4.74 Å². The summed E-state index contributed by atoms with van der Waals surface area (Å²) in [4.78, 5) is 14.6. The Balaban J connectivity index is 1.96. The second-order valence-electron chi connectivity index (χ2n) is 5.51. The topological polar surface area (TPSA) is 41.6 Å². The maximum Gasteiger partial charge on any atom is 0.226 e. The summed E-state index contributed by atoms with van der Waals surface area (Å²) < 4.78 is 5.11. The molecule has 1 N–H and O–H groups in total.